The first-order valence-corrected chi connectivity index (χ1v) is 10.1. The first-order chi connectivity index (χ1) is 14.4. The quantitative estimate of drug-likeness (QED) is 0.318. The molecule has 3 aromatic rings. The Morgan fingerprint density at radius 3 is 2.83 bits per heavy atom. The minimum absolute atomic E-state index is 0.0872. The predicted octanol–water partition coefficient (Wildman–Crippen LogP) is 2.09. The van der Waals surface area contributed by atoms with E-state index in [1.165, 1.54) is 0 Å². The molecule has 6 N–H and O–H groups in total. The van der Waals surface area contributed by atoms with Gasteiger partial charge in [-0.3, -0.25) is 14.4 Å². The van der Waals surface area contributed by atoms with Gasteiger partial charge < -0.3 is 27.1 Å². The van der Waals surface area contributed by atoms with Gasteiger partial charge in [-0.05, 0) is 29.7 Å². The van der Waals surface area contributed by atoms with Gasteiger partial charge in [-0.15, -0.1) is 11.3 Å². The molecule has 1 aliphatic heterocycles. The number of nitrogens with one attached hydrogen (secondary N) is 4. The Morgan fingerprint density at radius 1 is 1.27 bits per heavy atom. The highest BCUT2D eigenvalue weighted by Gasteiger charge is 2.28. The Kier molecular flexibility index (Phi) is 5.20. The summed E-state index contributed by atoms with van der Waals surface area (Å²) in [6, 6.07) is 12.4. The van der Waals surface area contributed by atoms with Crippen LogP contribution in [0.3, 0.4) is 0 Å². The van der Waals surface area contributed by atoms with E-state index in [4.69, 9.17) is 11.1 Å². The summed E-state index contributed by atoms with van der Waals surface area (Å²) in [7, 11) is 0. The third kappa shape index (κ3) is 3.87. The topological polar surface area (TPSA) is 137 Å². The highest BCUT2D eigenvalue weighted by atomic mass is 32.1. The Hall–Kier alpha value is -3.72. The number of nitrogen functional groups attached to an aromatic ring is 1. The molecule has 1 fully saturated rings. The average Bonchev–Trinajstić information content (AvgIpc) is 3.16. The summed E-state index contributed by atoms with van der Waals surface area (Å²) >= 11 is 1.57. The molecule has 3 amide bonds. The van der Waals surface area contributed by atoms with Gasteiger partial charge in [0.1, 0.15) is 6.04 Å². The Balaban J connectivity index is 1.61. The third-order valence-corrected chi connectivity index (χ3v) is 5.96. The van der Waals surface area contributed by atoms with Crippen molar-refractivity contribution in [2.75, 3.05) is 17.6 Å². The van der Waals surface area contributed by atoms with Gasteiger partial charge in [-0.25, -0.2) is 0 Å². The molecule has 0 saturated carbocycles. The molecule has 0 spiro atoms. The number of nitrogens with two attached hydrogens (primary N) is 1. The molecule has 152 valence electrons. The third-order valence-electron chi connectivity index (χ3n) is 4.81. The zero-order valence-electron chi connectivity index (χ0n) is 15.8. The van der Waals surface area contributed by atoms with Crippen molar-refractivity contribution in [1.29, 1.82) is 5.41 Å². The van der Waals surface area contributed by atoms with Crippen molar-refractivity contribution < 1.29 is 14.4 Å². The Labute approximate surface area is 176 Å². The van der Waals surface area contributed by atoms with Crippen LogP contribution < -0.4 is 21.7 Å². The number of carbonyl (C=O) groups is 3. The minimum atomic E-state index is -0.913. The Morgan fingerprint density at radius 2 is 2.07 bits per heavy atom. The van der Waals surface area contributed by atoms with E-state index in [0.29, 0.717) is 16.9 Å². The van der Waals surface area contributed by atoms with Gasteiger partial charge in [0.2, 0.25) is 17.7 Å². The zero-order valence-corrected chi connectivity index (χ0v) is 16.6. The fraction of sp³-hybridized carbons (Fsp3) is 0.143. The van der Waals surface area contributed by atoms with Crippen molar-refractivity contribution in [1.82, 2.24) is 10.6 Å². The van der Waals surface area contributed by atoms with Gasteiger partial charge in [0, 0.05) is 38.3 Å². The summed E-state index contributed by atoms with van der Waals surface area (Å²) in [5.74, 6) is -1.16. The molecular weight excluding hydrogens is 402 g/mol. The maximum absolute atomic E-state index is 12.5. The molecular formula is C21H19N5O3S. The number of hydrogen-bond donors (Lipinski definition) is 5. The normalized spacial score (nSPS) is 16.1. The fourth-order valence-corrected chi connectivity index (χ4v) is 4.42. The second-order valence-electron chi connectivity index (χ2n) is 6.91. The van der Waals surface area contributed by atoms with E-state index in [1.54, 1.807) is 23.5 Å². The number of benzene rings is 2. The van der Waals surface area contributed by atoms with Crippen molar-refractivity contribution in [2.45, 2.75) is 12.5 Å². The maximum atomic E-state index is 12.5. The second kappa shape index (κ2) is 7.96. The zero-order chi connectivity index (χ0) is 21.3. The van der Waals surface area contributed by atoms with Gasteiger partial charge >= 0.3 is 0 Å². The SMILES string of the molecule is N=Cc1cc(NC(=O)C[C@H]2NC(=O)CNC2=O)cc(-c2cc3ccccc3s2)c1N. The molecule has 0 unspecified atom stereocenters. The van der Waals surface area contributed by atoms with Gasteiger partial charge in [0.05, 0.1) is 13.0 Å². The molecule has 0 aliphatic carbocycles. The fourth-order valence-electron chi connectivity index (χ4n) is 3.33. The number of hydrogen-bond acceptors (Lipinski definition) is 6. The van der Waals surface area contributed by atoms with Crippen LogP contribution in [0.15, 0.2) is 42.5 Å². The van der Waals surface area contributed by atoms with E-state index in [2.05, 4.69) is 16.0 Å². The van der Waals surface area contributed by atoms with Crippen LogP contribution in [0.1, 0.15) is 12.0 Å². The van der Waals surface area contributed by atoms with Crippen molar-refractivity contribution in [3.8, 4) is 10.4 Å². The molecule has 9 heteroatoms. The predicted molar refractivity (Wildman–Crippen MR) is 118 cm³/mol. The van der Waals surface area contributed by atoms with Gasteiger partial charge in [0.25, 0.3) is 0 Å². The van der Waals surface area contributed by atoms with E-state index >= 15 is 0 Å². The summed E-state index contributed by atoms with van der Waals surface area (Å²) in [5.41, 5.74) is 8.38. The number of amides is 3. The van der Waals surface area contributed by atoms with Crippen molar-refractivity contribution in [3.63, 3.8) is 0 Å². The van der Waals surface area contributed by atoms with E-state index in [-0.39, 0.29) is 18.9 Å². The monoisotopic (exact) mass is 421 g/mol. The second-order valence-corrected chi connectivity index (χ2v) is 7.99. The molecule has 1 saturated heterocycles. The number of thiophene rings is 1. The molecule has 0 bridgehead atoms. The van der Waals surface area contributed by atoms with Crippen LogP contribution in [-0.2, 0) is 14.4 Å². The van der Waals surface area contributed by atoms with Crippen LogP contribution >= 0.6 is 11.3 Å². The number of anilines is 2. The molecule has 2 aromatic carbocycles. The van der Waals surface area contributed by atoms with Gasteiger partial charge in [-0.1, -0.05) is 18.2 Å². The van der Waals surface area contributed by atoms with Crippen LogP contribution in [-0.4, -0.2) is 36.5 Å². The highest BCUT2D eigenvalue weighted by Crippen LogP contribution is 2.38. The van der Waals surface area contributed by atoms with Crippen LogP contribution in [0, 0.1) is 5.41 Å². The minimum Gasteiger partial charge on any atom is -0.398 e. The standard InChI is InChI=1S/C21H19N5O3S/c22-9-12-5-13(25-18(27)8-15-21(29)24-10-19(28)26-15)7-14(20(12)23)17-6-11-3-1-2-4-16(11)30-17/h1-7,9,15,22H,8,10,23H2,(H,24,29)(H,25,27)(H,26,28)/t15-/m1/s1. The first kappa shape index (κ1) is 19.6. The summed E-state index contributed by atoms with van der Waals surface area (Å²) in [4.78, 5) is 36.7. The average molecular weight is 421 g/mol. The van der Waals surface area contributed by atoms with Crippen molar-refractivity contribution in [2.24, 2.45) is 0 Å². The molecule has 4 rings (SSSR count). The molecule has 8 nitrogen and oxygen atoms in total. The largest absolute Gasteiger partial charge is 0.398 e. The Bertz CT molecular complexity index is 1150. The number of rotatable bonds is 5. The molecule has 0 radical (unpaired) electrons. The summed E-state index contributed by atoms with van der Waals surface area (Å²) in [6.07, 6.45) is 0.941. The maximum Gasteiger partial charge on any atom is 0.243 e. The van der Waals surface area contributed by atoms with Crippen LogP contribution in [0.5, 0.6) is 0 Å². The number of fused-ring (bicyclic) bond motifs is 1. The van der Waals surface area contributed by atoms with E-state index < -0.39 is 17.9 Å². The number of piperazine rings is 1. The van der Waals surface area contributed by atoms with Crippen molar-refractivity contribution in [3.05, 3.63) is 48.0 Å². The molecule has 1 aliphatic rings. The lowest BCUT2D eigenvalue weighted by molar-refractivity contribution is -0.135. The van der Waals surface area contributed by atoms with Gasteiger partial charge in [-0.2, -0.15) is 0 Å². The van der Waals surface area contributed by atoms with E-state index in [0.717, 1.165) is 26.7 Å². The molecule has 1 atom stereocenters. The van der Waals surface area contributed by atoms with Crippen LogP contribution in [0.4, 0.5) is 11.4 Å². The molecule has 30 heavy (non-hydrogen) atoms. The van der Waals surface area contributed by atoms with Crippen LogP contribution in [0.25, 0.3) is 20.5 Å². The summed E-state index contributed by atoms with van der Waals surface area (Å²) in [6.45, 7) is -0.0872. The number of carbonyl (C=O) groups excluding carboxylic acids is 3. The van der Waals surface area contributed by atoms with Crippen molar-refractivity contribution >= 4 is 56.7 Å². The summed E-state index contributed by atoms with van der Waals surface area (Å²) in [5, 5.41) is 16.4. The van der Waals surface area contributed by atoms with E-state index in [9.17, 15) is 14.4 Å². The van der Waals surface area contributed by atoms with E-state index in [1.807, 2.05) is 30.3 Å². The lowest BCUT2D eigenvalue weighted by Crippen LogP contribution is -2.57. The smallest absolute Gasteiger partial charge is 0.243 e. The first-order valence-electron chi connectivity index (χ1n) is 9.24. The van der Waals surface area contributed by atoms with Crippen LogP contribution in [0.2, 0.25) is 0 Å². The lowest BCUT2D eigenvalue weighted by atomic mass is 10.0. The molecule has 1 aromatic heterocycles. The lowest BCUT2D eigenvalue weighted by Gasteiger charge is -2.22. The highest BCUT2D eigenvalue weighted by molar-refractivity contribution is 7.22. The molecule has 2 heterocycles. The van der Waals surface area contributed by atoms with Gasteiger partial charge in [0.15, 0.2) is 0 Å². The summed E-state index contributed by atoms with van der Waals surface area (Å²) < 4.78 is 1.11.